The molecule has 142 valence electrons. The summed E-state index contributed by atoms with van der Waals surface area (Å²) in [5, 5.41) is 5.58. The number of pyridine rings is 1. The van der Waals surface area contributed by atoms with E-state index in [1.807, 2.05) is 11.0 Å². The number of nitrogens with one attached hydrogen (secondary N) is 2. The molecule has 1 aliphatic rings. The second kappa shape index (κ2) is 12.4. The number of nitrogens with two attached hydrogens (primary N) is 1. The lowest BCUT2D eigenvalue weighted by atomic mass is 9.97. The van der Waals surface area contributed by atoms with Crippen LogP contribution in [0.2, 0.25) is 0 Å². The van der Waals surface area contributed by atoms with Crippen molar-refractivity contribution in [2.24, 2.45) is 11.7 Å². The lowest BCUT2D eigenvalue weighted by Crippen LogP contribution is -2.46. The Morgan fingerprint density at radius 1 is 1.36 bits per heavy atom. The number of halogens is 3. The average Bonchev–Trinajstić information content (AvgIpc) is 2.55. The number of piperidine rings is 1. The molecule has 1 aliphatic heterocycles. The van der Waals surface area contributed by atoms with E-state index in [2.05, 4.69) is 31.5 Å². The van der Waals surface area contributed by atoms with Crippen LogP contribution in [0.5, 0.6) is 0 Å². The van der Waals surface area contributed by atoms with Gasteiger partial charge in [0.2, 0.25) is 11.8 Å². The SMILES string of the molecule is Cl.Cl.NCCNC(=O)C1CCCN(CC(=O)Nc2ccc(Br)cn2)C1. The second-order valence-corrected chi connectivity index (χ2v) is 6.48. The Bertz CT molecular complexity index is 547. The monoisotopic (exact) mass is 455 g/mol. The van der Waals surface area contributed by atoms with Crippen LogP contribution >= 0.6 is 40.7 Å². The minimum atomic E-state index is -0.122. The molecular weight excluding hydrogens is 433 g/mol. The quantitative estimate of drug-likeness (QED) is 0.600. The lowest BCUT2D eigenvalue weighted by molar-refractivity contribution is -0.127. The highest BCUT2D eigenvalue weighted by molar-refractivity contribution is 9.10. The van der Waals surface area contributed by atoms with Gasteiger partial charge in [-0.05, 0) is 47.4 Å². The molecule has 2 heterocycles. The predicted octanol–water partition coefficient (Wildman–Crippen LogP) is 1.41. The molecule has 2 rings (SSSR count). The number of carbonyl (C=O) groups excluding carboxylic acids is 2. The van der Waals surface area contributed by atoms with E-state index in [4.69, 9.17) is 5.73 Å². The van der Waals surface area contributed by atoms with Crippen LogP contribution in [0, 0.1) is 5.92 Å². The Hall–Kier alpha value is -0.930. The highest BCUT2D eigenvalue weighted by atomic mass is 79.9. The van der Waals surface area contributed by atoms with Crippen molar-refractivity contribution in [2.45, 2.75) is 12.8 Å². The summed E-state index contributed by atoms with van der Waals surface area (Å²) in [6.45, 7) is 2.60. The maximum absolute atomic E-state index is 12.1. The Morgan fingerprint density at radius 2 is 2.12 bits per heavy atom. The van der Waals surface area contributed by atoms with Gasteiger partial charge in [-0.2, -0.15) is 0 Å². The van der Waals surface area contributed by atoms with Crippen LogP contribution in [-0.4, -0.2) is 54.4 Å². The number of rotatable bonds is 6. The zero-order chi connectivity index (χ0) is 16.7. The number of carbonyl (C=O) groups is 2. The first-order valence-electron chi connectivity index (χ1n) is 7.70. The molecule has 1 fully saturated rings. The topological polar surface area (TPSA) is 100 Å². The zero-order valence-corrected chi connectivity index (χ0v) is 17.0. The fourth-order valence-corrected chi connectivity index (χ4v) is 2.82. The summed E-state index contributed by atoms with van der Waals surface area (Å²) in [5.74, 6) is 0.347. The Labute approximate surface area is 168 Å². The van der Waals surface area contributed by atoms with Crippen molar-refractivity contribution in [3.63, 3.8) is 0 Å². The van der Waals surface area contributed by atoms with Crippen molar-refractivity contribution in [3.05, 3.63) is 22.8 Å². The molecule has 1 aromatic rings. The van der Waals surface area contributed by atoms with Crippen LogP contribution in [-0.2, 0) is 9.59 Å². The zero-order valence-electron chi connectivity index (χ0n) is 13.7. The number of hydrogen-bond acceptors (Lipinski definition) is 5. The number of amides is 2. The summed E-state index contributed by atoms with van der Waals surface area (Å²) in [6.07, 6.45) is 3.39. The molecule has 0 saturated carbocycles. The van der Waals surface area contributed by atoms with E-state index in [0.717, 1.165) is 23.9 Å². The molecule has 1 unspecified atom stereocenters. The fourth-order valence-electron chi connectivity index (χ4n) is 2.59. The van der Waals surface area contributed by atoms with Crippen LogP contribution in [0.15, 0.2) is 22.8 Å². The third-order valence-corrected chi connectivity index (χ3v) is 4.15. The summed E-state index contributed by atoms with van der Waals surface area (Å²) in [5.41, 5.74) is 5.40. The van der Waals surface area contributed by atoms with Gasteiger partial charge in [-0.15, -0.1) is 24.8 Å². The first-order valence-corrected chi connectivity index (χ1v) is 8.49. The Balaban J connectivity index is 0.00000288. The largest absolute Gasteiger partial charge is 0.355 e. The van der Waals surface area contributed by atoms with E-state index >= 15 is 0 Å². The fraction of sp³-hybridized carbons (Fsp3) is 0.533. The van der Waals surface area contributed by atoms with E-state index in [1.54, 1.807) is 12.3 Å². The molecular formula is C15H24BrCl2N5O2. The number of aromatic nitrogens is 1. The average molecular weight is 457 g/mol. The maximum atomic E-state index is 12.1. The normalized spacial score (nSPS) is 17.0. The predicted molar refractivity (Wildman–Crippen MR) is 106 cm³/mol. The molecule has 1 saturated heterocycles. The maximum Gasteiger partial charge on any atom is 0.239 e. The lowest BCUT2D eigenvalue weighted by Gasteiger charge is -2.31. The standard InChI is InChI=1S/C15H22BrN5O2.2ClH/c16-12-3-4-13(19-8-12)20-14(22)10-21-7-1-2-11(9-21)15(23)18-6-5-17;;/h3-4,8,11H,1-2,5-7,9-10,17H2,(H,18,23)(H,19,20,22);2*1H. The summed E-state index contributed by atoms with van der Waals surface area (Å²) in [7, 11) is 0. The van der Waals surface area contributed by atoms with Gasteiger partial charge in [-0.25, -0.2) is 4.98 Å². The van der Waals surface area contributed by atoms with Crippen LogP contribution in [0.1, 0.15) is 12.8 Å². The highest BCUT2D eigenvalue weighted by Gasteiger charge is 2.26. The van der Waals surface area contributed by atoms with Crippen LogP contribution in [0.3, 0.4) is 0 Å². The third-order valence-electron chi connectivity index (χ3n) is 3.68. The molecule has 25 heavy (non-hydrogen) atoms. The summed E-state index contributed by atoms with van der Waals surface area (Å²) in [6, 6.07) is 3.56. The van der Waals surface area contributed by atoms with E-state index in [0.29, 0.717) is 25.5 Å². The van der Waals surface area contributed by atoms with Crippen LogP contribution in [0.25, 0.3) is 0 Å². The summed E-state index contributed by atoms with van der Waals surface area (Å²) < 4.78 is 0.859. The smallest absolute Gasteiger partial charge is 0.239 e. The van der Waals surface area contributed by atoms with Crippen molar-refractivity contribution in [1.82, 2.24) is 15.2 Å². The van der Waals surface area contributed by atoms with E-state index in [1.165, 1.54) is 0 Å². The van der Waals surface area contributed by atoms with Gasteiger partial charge >= 0.3 is 0 Å². The van der Waals surface area contributed by atoms with Crippen LogP contribution < -0.4 is 16.4 Å². The third kappa shape index (κ3) is 8.33. The molecule has 0 aliphatic carbocycles. The first-order chi connectivity index (χ1) is 11.1. The van der Waals surface area contributed by atoms with Gasteiger partial charge in [0.05, 0.1) is 12.5 Å². The van der Waals surface area contributed by atoms with Crippen molar-refractivity contribution in [3.8, 4) is 0 Å². The van der Waals surface area contributed by atoms with E-state index in [9.17, 15) is 9.59 Å². The summed E-state index contributed by atoms with van der Waals surface area (Å²) in [4.78, 5) is 30.2. The molecule has 1 atom stereocenters. The number of hydrogen-bond donors (Lipinski definition) is 3. The van der Waals surface area contributed by atoms with E-state index in [-0.39, 0.29) is 49.1 Å². The number of nitrogens with zero attached hydrogens (tertiary/aromatic N) is 2. The number of likely N-dealkylation sites (tertiary alicyclic amines) is 1. The summed E-state index contributed by atoms with van der Waals surface area (Å²) >= 11 is 3.30. The van der Waals surface area contributed by atoms with Gasteiger partial charge in [0.25, 0.3) is 0 Å². The van der Waals surface area contributed by atoms with Crippen molar-refractivity contribution < 1.29 is 9.59 Å². The van der Waals surface area contributed by atoms with Gasteiger partial charge in [-0.3, -0.25) is 14.5 Å². The molecule has 2 amide bonds. The molecule has 0 radical (unpaired) electrons. The van der Waals surface area contributed by atoms with Crippen LogP contribution in [0.4, 0.5) is 5.82 Å². The van der Waals surface area contributed by atoms with Gasteiger partial charge in [0.1, 0.15) is 5.82 Å². The van der Waals surface area contributed by atoms with E-state index < -0.39 is 0 Å². The molecule has 0 spiro atoms. The van der Waals surface area contributed by atoms with Gasteiger partial charge in [0, 0.05) is 30.3 Å². The van der Waals surface area contributed by atoms with Crippen molar-refractivity contribution in [2.75, 3.05) is 38.0 Å². The molecule has 0 bridgehead atoms. The Morgan fingerprint density at radius 3 is 2.76 bits per heavy atom. The molecule has 0 aromatic carbocycles. The molecule has 4 N–H and O–H groups in total. The Kier molecular flexibility index (Phi) is 12.0. The first kappa shape index (κ1) is 24.1. The molecule has 10 heteroatoms. The molecule has 1 aromatic heterocycles. The van der Waals surface area contributed by atoms with Crippen molar-refractivity contribution in [1.29, 1.82) is 0 Å². The van der Waals surface area contributed by atoms with Gasteiger partial charge < -0.3 is 16.4 Å². The van der Waals surface area contributed by atoms with Gasteiger partial charge in [-0.1, -0.05) is 0 Å². The minimum absolute atomic E-state index is 0. The second-order valence-electron chi connectivity index (χ2n) is 5.56. The van der Waals surface area contributed by atoms with Gasteiger partial charge in [0.15, 0.2) is 0 Å². The molecule has 7 nitrogen and oxygen atoms in total. The number of anilines is 1. The van der Waals surface area contributed by atoms with Crippen molar-refractivity contribution >= 4 is 58.4 Å². The highest BCUT2D eigenvalue weighted by Crippen LogP contribution is 2.16. The minimum Gasteiger partial charge on any atom is -0.355 e.